The number of hydrogen-bond acceptors (Lipinski definition) is 2. The van der Waals surface area contributed by atoms with Gasteiger partial charge < -0.3 is 11.1 Å². The molecule has 0 fully saturated rings. The van der Waals surface area contributed by atoms with Gasteiger partial charge in [0.05, 0.1) is 16.4 Å². The topological polar surface area (TPSA) is 55.1 Å². The molecule has 0 unspecified atom stereocenters. The van der Waals surface area contributed by atoms with E-state index in [1.165, 1.54) is 18.2 Å². The summed E-state index contributed by atoms with van der Waals surface area (Å²) in [7, 11) is 0. The van der Waals surface area contributed by atoms with Crippen LogP contribution in [0, 0.1) is 11.6 Å². The summed E-state index contributed by atoms with van der Waals surface area (Å²) in [6.45, 7) is 0. The minimum absolute atomic E-state index is 0.112. The van der Waals surface area contributed by atoms with E-state index in [9.17, 15) is 13.6 Å². The molecule has 0 radical (unpaired) electrons. The van der Waals surface area contributed by atoms with E-state index in [0.717, 1.165) is 12.1 Å². The van der Waals surface area contributed by atoms with Gasteiger partial charge in [0.15, 0.2) is 0 Å². The Bertz CT molecular complexity index is 647. The van der Waals surface area contributed by atoms with Gasteiger partial charge in [-0.25, -0.2) is 8.78 Å². The lowest BCUT2D eigenvalue weighted by Crippen LogP contribution is -2.13. The third-order valence-corrected chi connectivity index (χ3v) is 2.77. The number of halogens is 3. The highest BCUT2D eigenvalue weighted by Crippen LogP contribution is 2.21. The number of nitrogen functional groups attached to an aromatic ring is 1. The number of amides is 1. The van der Waals surface area contributed by atoms with Gasteiger partial charge in [-0.2, -0.15) is 0 Å². The molecule has 0 saturated carbocycles. The molecule has 0 aromatic heterocycles. The van der Waals surface area contributed by atoms with E-state index in [-0.39, 0.29) is 16.3 Å². The summed E-state index contributed by atoms with van der Waals surface area (Å²) in [5.74, 6) is -2.13. The van der Waals surface area contributed by atoms with Crippen LogP contribution in [0.1, 0.15) is 10.4 Å². The number of benzene rings is 2. The Hall–Kier alpha value is -2.14. The number of carbonyl (C=O) groups is 1. The molecule has 6 heteroatoms. The smallest absolute Gasteiger partial charge is 0.255 e. The molecule has 2 aromatic rings. The number of anilines is 2. The molecule has 0 aliphatic heterocycles. The van der Waals surface area contributed by atoms with Gasteiger partial charge in [-0.15, -0.1) is 0 Å². The van der Waals surface area contributed by atoms with Crippen molar-refractivity contribution in [3.8, 4) is 0 Å². The maximum atomic E-state index is 13.4. The second-order valence-electron chi connectivity index (χ2n) is 3.81. The van der Waals surface area contributed by atoms with Gasteiger partial charge in [0, 0.05) is 11.6 Å². The van der Waals surface area contributed by atoms with Crippen LogP contribution in [0.5, 0.6) is 0 Å². The fraction of sp³-hybridized carbons (Fsp3) is 0. The highest BCUT2D eigenvalue weighted by atomic mass is 35.5. The van der Waals surface area contributed by atoms with Crippen molar-refractivity contribution >= 4 is 28.9 Å². The van der Waals surface area contributed by atoms with Crippen LogP contribution in [0.4, 0.5) is 20.2 Å². The van der Waals surface area contributed by atoms with E-state index in [4.69, 9.17) is 17.3 Å². The summed E-state index contributed by atoms with van der Waals surface area (Å²) < 4.78 is 26.1. The molecular formula is C13H9ClF2N2O. The van der Waals surface area contributed by atoms with E-state index in [0.29, 0.717) is 11.8 Å². The van der Waals surface area contributed by atoms with E-state index >= 15 is 0 Å². The van der Waals surface area contributed by atoms with Crippen LogP contribution in [-0.2, 0) is 0 Å². The van der Waals surface area contributed by atoms with Crippen molar-refractivity contribution in [3.05, 3.63) is 58.6 Å². The predicted octanol–water partition coefficient (Wildman–Crippen LogP) is 3.45. The number of carbonyl (C=O) groups excluding carboxylic acids is 1. The van der Waals surface area contributed by atoms with Crippen molar-refractivity contribution in [2.75, 3.05) is 11.1 Å². The second-order valence-corrected chi connectivity index (χ2v) is 4.22. The van der Waals surface area contributed by atoms with Gasteiger partial charge in [-0.05, 0) is 30.3 Å². The number of nitrogens with two attached hydrogens (primary N) is 1. The first kappa shape index (κ1) is 13.3. The molecule has 19 heavy (non-hydrogen) atoms. The van der Waals surface area contributed by atoms with Gasteiger partial charge in [-0.1, -0.05) is 11.6 Å². The molecule has 2 aromatic carbocycles. The molecule has 2 rings (SSSR count). The van der Waals surface area contributed by atoms with Gasteiger partial charge in [0.25, 0.3) is 5.91 Å². The van der Waals surface area contributed by atoms with Crippen LogP contribution in [0.2, 0.25) is 5.02 Å². The summed E-state index contributed by atoms with van der Waals surface area (Å²) in [5, 5.41) is 2.55. The van der Waals surface area contributed by atoms with Crippen LogP contribution < -0.4 is 11.1 Å². The number of hydrogen-bond donors (Lipinski definition) is 2. The van der Waals surface area contributed by atoms with Crippen molar-refractivity contribution in [1.82, 2.24) is 0 Å². The third kappa shape index (κ3) is 3.00. The Kier molecular flexibility index (Phi) is 3.66. The zero-order valence-corrected chi connectivity index (χ0v) is 10.3. The van der Waals surface area contributed by atoms with E-state index in [2.05, 4.69) is 5.32 Å². The fourth-order valence-corrected chi connectivity index (χ4v) is 1.63. The fourth-order valence-electron chi connectivity index (χ4n) is 1.45. The third-order valence-electron chi connectivity index (χ3n) is 2.44. The molecule has 0 aliphatic rings. The summed E-state index contributed by atoms with van der Waals surface area (Å²) >= 11 is 5.78. The Morgan fingerprint density at radius 2 is 1.89 bits per heavy atom. The van der Waals surface area contributed by atoms with Crippen LogP contribution >= 0.6 is 11.6 Å². The van der Waals surface area contributed by atoms with E-state index in [1.807, 2.05) is 0 Å². The lowest BCUT2D eigenvalue weighted by atomic mass is 10.2. The van der Waals surface area contributed by atoms with Crippen LogP contribution in [-0.4, -0.2) is 5.91 Å². The van der Waals surface area contributed by atoms with Gasteiger partial charge in [-0.3, -0.25) is 4.79 Å². The second kappa shape index (κ2) is 5.24. The van der Waals surface area contributed by atoms with E-state index in [1.54, 1.807) is 0 Å². The minimum Gasteiger partial charge on any atom is -0.398 e. The molecule has 0 bridgehead atoms. The monoisotopic (exact) mass is 282 g/mol. The SMILES string of the molecule is Nc1ccc(C(=O)Nc2ccc(F)cc2F)cc1Cl. The Morgan fingerprint density at radius 1 is 1.16 bits per heavy atom. The molecule has 0 atom stereocenters. The van der Waals surface area contributed by atoms with Crippen molar-refractivity contribution in [2.24, 2.45) is 0 Å². The first-order valence-corrected chi connectivity index (χ1v) is 5.66. The van der Waals surface area contributed by atoms with Crippen LogP contribution in [0.3, 0.4) is 0 Å². The van der Waals surface area contributed by atoms with Gasteiger partial charge in [0.1, 0.15) is 11.6 Å². The number of rotatable bonds is 2. The summed E-state index contributed by atoms with van der Waals surface area (Å²) in [6, 6.07) is 7.17. The first-order chi connectivity index (χ1) is 8.97. The minimum atomic E-state index is -0.852. The summed E-state index contributed by atoms with van der Waals surface area (Å²) in [4.78, 5) is 11.8. The lowest BCUT2D eigenvalue weighted by molar-refractivity contribution is 0.102. The average molecular weight is 283 g/mol. The Labute approximate surface area is 113 Å². The van der Waals surface area contributed by atoms with Gasteiger partial charge >= 0.3 is 0 Å². The van der Waals surface area contributed by atoms with Crippen molar-refractivity contribution in [2.45, 2.75) is 0 Å². The summed E-state index contributed by atoms with van der Waals surface area (Å²) in [6.07, 6.45) is 0. The van der Waals surface area contributed by atoms with Crippen LogP contribution in [0.15, 0.2) is 36.4 Å². The lowest BCUT2D eigenvalue weighted by Gasteiger charge is -2.07. The van der Waals surface area contributed by atoms with Crippen molar-refractivity contribution in [3.63, 3.8) is 0 Å². The first-order valence-electron chi connectivity index (χ1n) is 5.29. The highest BCUT2D eigenvalue weighted by molar-refractivity contribution is 6.33. The standard InChI is InChI=1S/C13H9ClF2N2O/c14-9-5-7(1-3-11(9)17)13(19)18-12-4-2-8(15)6-10(12)16/h1-6H,17H2,(H,18,19). The normalized spacial score (nSPS) is 10.3. The predicted molar refractivity (Wildman–Crippen MR) is 70.2 cm³/mol. The molecular weight excluding hydrogens is 274 g/mol. The number of nitrogens with one attached hydrogen (secondary N) is 1. The maximum Gasteiger partial charge on any atom is 0.255 e. The Morgan fingerprint density at radius 3 is 2.53 bits per heavy atom. The zero-order chi connectivity index (χ0) is 14.0. The maximum absolute atomic E-state index is 13.4. The average Bonchev–Trinajstić information content (AvgIpc) is 2.36. The zero-order valence-electron chi connectivity index (χ0n) is 9.58. The Balaban J connectivity index is 2.23. The van der Waals surface area contributed by atoms with Gasteiger partial charge in [0.2, 0.25) is 0 Å². The molecule has 3 nitrogen and oxygen atoms in total. The molecule has 0 heterocycles. The molecule has 3 N–H and O–H groups in total. The molecule has 0 spiro atoms. The van der Waals surface area contributed by atoms with Crippen molar-refractivity contribution < 1.29 is 13.6 Å². The molecule has 0 saturated heterocycles. The quantitative estimate of drug-likeness (QED) is 0.829. The van der Waals surface area contributed by atoms with Crippen LogP contribution in [0.25, 0.3) is 0 Å². The molecule has 98 valence electrons. The van der Waals surface area contributed by atoms with E-state index < -0.39 is 17.5 Å². The largest absolute Gasteiger partial charge is 0.398 e. The molecule has 1 amide bonds. The van der Waals surface area contributed by atoms with Crippen molar-refractivity contribution in [1.29, 1.82) is 0 Å². The molecule has 0 aliphatic carbocycles. The summed E-state index contributed by atoms with van der Waals surface area (Å²) in [5.41, 5.74) is 5.97. The highest BCUT2D eigenvalue weighted by Gasteiger charge is 2.11.